The van der Waals surface area contributed by atoms with Crippen molar-refractivity contribution in [3.8, 4) is 5.75 Å². The van der Waals surface area contributed by atoms with Gasteiger partial charge in [-0.1, -0.05) is 23.5 Å². The fourth-order valence-electron chi connectivity index (χ4n) is 3.96. The smallest absolute Gasteiger partial charge is 0.338 e. The number of hydrogen-bond acceptors (Lipinski definition) is 7. The number of methoxy groups -OCH3 is 1. The fraction of sp³-hybridized carbons (Fsp3) is 0.333. The number of benzene rings is 1. The van der Waals surface area contributed by atoms with E-state index in [-0.39, 0.29) is 12.2 Å². The second kappa shape index (κ2) is 9.19. The first-order chi connectivity index (χ1) is 15.9. The van der Waals surface area contributed by atoms with Gasteiger partial charge in [-0.25, -0.2) is 9.79 Å². The minimum Gasteiger partial charge on any atom is -0.497 e. The molecule has 9 heteroatoms. The molecule has 1 unspecified atom stereocenters. The lowest BCUT2D eigenvalue weighted by atomic mass is 9.96. The zero-order valence-electron chi connectivity index (χ0n) is 19.3. The van der Waals surface area contributed by atoms with Crippen LogP contribution in [0.1, 0.15) is 43.6 Å². The van der Waals surface area contributed by atoms with E-state index < -0.39 is 12.0 Å². The van der Waals surface area contributed by atoms with Gasteiger partial charge in [0.15, 0.2) is 4.80 Å². The van der Waals surface area contributed by atoms with Crippen molar-refractivity contribution < 1.29 is 14.3 Å². The molecule has 0 bridgehead atoms. The van der Waals surface area contributed by atoms with Crippen molar-refractivity contribution in [3.63, 3.8) is 0 Å². The van der Waals surface area contributed by atoms with Gasteiger partial charge in [0.25, 0.3) is 5.56 Å². The Morgan fingerprint density at radius 2 is 1.94 bits per heavy atom. The maximum Gasteiger partial charge on any atom is 0.338 e. The molecule has 0 N–H and O–H groups in total. The molecule has 4 rings (SSSR count). The van der Waals surface area contributed by atoms with Gasteiger partial charge in [-0.15, -0.1) is 0 Å². The minimum atomic E-state index is -0.646. The van der Waals surface area contributed by atoms with Crippen LogP contribution in [-0.2, 0) is 16.1 Å². The van der Waals surface area contributed by atoms with Crippen molar-refractivity contribution in [2.45, 2.75) is 40.3 Å². The highest BCUT2D eigenvalue weighted by molar-refractivity contribution is 7.07. The number of ether oxygens (including phenoxy) is 2. The molecule has 0 aliphatic carbocycles. The van der Waals surface area contributed by atoms with Crippen LogP contribution in [0.2, 0.25) is 0 Å². The van der Waals surface area contributed by atoms with Crippen LogP contribution in [0, 0.1) is 6.92 Å². The Balaban J connectivity index is 1.94. The molecule has 0 fully saturated rings. The number of carbonyl (C=O) groups excluding carboxylic acids is 1. The first kappa shape index (κ1) is 22.7. The number of thiazole rings is 1. The zero-order valence-corrected chi connectivity index (χ0v) is 20.1. The van der Waals surface area contributed by atoms with Crippen LogP contribution < -0.4 is 19.6 Å². The Labute approximate surface area is 195 Å². The van der Waals surface area contributed by atoms with Gasteiger partial charge in [-0.2, -0.15) is 5.10 Å². The van der Waals surface area contributed by atoms with Crippen LogP contribution in [0.5, 0.6) is 5.75 Å². The van der Waals surface area contributed by atoms with Crippen molar-refractivity contribution in [2.75, 3.05) is 13.7 Å². The predicted octanol–water partition coefficient (Wildman–Crippen LogP) is 2.33. The molecule has 1 aliphatic heterocycles. The summed E-state index contributed by atoms with van der Waals surface area (Å²) in [4.78, 5) is 31.7. The molecular weight excluding hydrogens is 440 g/mol. The van der Waals surface area contributed by atoms with Crippen molar-refractivity contribution >= 4 is 23.4 Å². The topological polar surface area (TPSA) is 87.7 Å². The Hall–Kier alpha value is -3.46. The Bertz CT molecular complexity index is 1410. The van der Waals surface area contributed by atoms with Gasteiger partial charge >= 0.3 is 5.97 Å². The number of nitrogens with zero attached hydrogens (tertiary/aromatic N) is 4. The van der Waals surface area contributed by atoms with Gasteiger partial charge in [0.05, 0.1) is 41.8 Å². The van der Waals surface area contributed by atoms with Crippen molar-refractivity contribution in [1.82, 2.24) is 14.3 Å². The lowest BCUT2D eigenvalue weighted by Crippen LogP contribution is -2.39. The Morgan fingerprint density at radius 1 is 1.21 bits per heavy atom. The summed E-state index contributed by atoms with van der Waals surface area (Å²) in [5.41, 5.74) is 3.32. The highest BCUT2D eigenvalue weighted by Gasteiger charge is 2.33. The molecule has 0 amide bonds. The molecule has 1 atom stereocenters. The van der Waals surface area contributed by atoms with E-state index in [0.29, 0.717) is 26.4 Å². The number of aromatic nitrogens is 3. The third-order valence-corrected chi connectivity index (χ3v) is 6.66. The number of allylic oxidation sites excluding steroid dienone is 1. The lowest BCUT2D eigenvalue weighted by molar-refractivity contribution is -0.139. The number of aryl methyl sites for hydroxylation is 1. The number of carbonyl (C=O) groups is 1. The van der Waals surface area contributed by atoms with E-state index in [1.807, 2.05) is 48.9 Å². The second-order valence-electron chi connectivity index (χ2n) is 7.58. The second-order valence-corrected chi connectivity index (χ2v) is 8.59. The van der Waals surface area contributed by atoms with Crippen LogP contribution in [0.4, 0.5) is 0 Å². The van der Waals surface area contributed by atoms with Crippen LogP contribution in [0.15, 0.2) is 51.5 Å². The number of hydrogen-bond donors (Lipinski definition) is 0. The highest BCUT2D eigenvalue weighted by atomic mass is 32.1. The summed E-state index contributed by atoms with van der Waals surface area (Å²) in [7, 11) is 1.59. The Morgan fingerprint density at radius 3 is 2.55 bits per heavy atom. The van der Waals surface area contributed by atoms with Crippen LogP contribution in [-0.4, -0.2) is 34.0 Å². The maximum atomic E-state index is 13.6. The highest BCUT2D eigenvalue weighted by Crippen LogP contribution is 2.31. The normalized spacial score (nSPS) is 15.9. The largest absolute Gasteiger partial charge is 0.497 e. The lowest BCUT2D eigenvalue weighted by Gasteiger charge is -2.24. The Kier molecular flexibility index (Phi) is 6.33. The van der Waals surface area contributed by atoms with Gasteiger partial charge in [0, 0.05) is 17.8 Å². The molecular formula is C24H26N4O4S. The number of rotatable bonds is 6. The molecule has 8 nitrogen and oxygen atoms in total. The summed E-state index contributed by atoms with van der Waals surface area (Å²) in [5, 5.41) is 4.37. The molecule has 1 aromatic carbocycles. The van der Waals surface area contributed by atoms with Gasteiger partial charge in [0.2, 0.25) is 0 Å². The molecule has 0 saturated carbocycles. The third kappa shape index (κ3) is 4.04. The average Bonchev–Trinajstić information content (AvgIpc) is 3.32. The van der Waals surface area contributed by atoms with Crippen molar-refractivity contribution in [2.24, 2.45) is 4.99 Å². The summed E-state index contributed by atoms with van der Waals surface area (Å²) < 4.78 is 14.6. The van der Waals surface area contributed by atoms with Gasteiger partial charge in [-0.05, 0) is 51.5 Å². The van der Waals surface area contributed by atoms with E-state index in [1.54, 1.807) is 31.7 Å². The van der Waals surface area contributed by atoms with Crippen LogP contribution in [0.25, 0.3) is 6.08 Å². The maximum absolute atomic E-state index is 13.6. The van der Waals surface area contributed by atoms with Gasteiger partial charge in [0.1, 0.15) is 5.75 Å². The summed E-state index contributed by atoms with van der Waals surface area (Å²) in [6.45, 7) is 8.50. The monoisotopic (exact) mass is 466 g/mol. The van der Waals surface area contributed by atoms with Crippen molar-refractivity contribution in [1.29, 1.82) is 0 Å². The van der Waals surface area contributed by atoms with E-state index in [4.69, 9.17) is 9.47 Å². The van der Waals surface area contributed by atoms with E-state index in [0.717, 1.165) is 23.4 Å². The number of fused-ring (bicyclic) bond motifs is 1. The fourth-order valence-corrected chi connectivity index (χ4v) is 4.99. The molecule has 0 spiro atoms. The SMILES string of the molecule is CCOC(=O)C1=C(C)N=c2sc(=Cc3cnn(CC)c3C)c(=O)n2C1c1ccc(OC)cc1. The molecule has 3 aromatic rings. The molecule has 0 radical (unpaired) electrons. The third-order valence-electron chi connectivity index (χ3n) is 5.68. The van der Waals surface area contributed by atoms with Gasteiger partial charge < -0.3 is 9.47 Å². The summed E-state index contributed by atoms with van der Waals surface area (Å²) in [6.07, 6.45) is 3.60. The average molecular weight is 467 g/mol. The molecule has 33 heavy (non-hydrogen) atoms. The standard InChI is InChI=1S/C24H26N4O4S/c1-6-27-15(4)17(13-25-27)12-19-22(29)28-21(16-8-10-18(31-5)11-9-16)20(23(30)32-7-2)14(3)26-24(28)33-19/h8-13,21H,6-7H2,1-5H3. The molecule has 1 aliphatic rings. The van der Waals surface area contributed by atoms with Gasteiger partial charge in [-0.3, -0.25) is 14.0 Å². The molecule has 2 aromatic heterocycles. The predicted molar refractivity (Wildman–Crippen MR) is 126 cm³/mol. The van der Waals surface area contributed by atoms with Crippen molar-refractivity contribution in [3.05, 3.63) is 78.2 Å². The minimum absolute atomic E-state index is 0.211. The van der Waals surface area contributed by atoms with Crippen LogP contribution >= 0.6 is 11.3 Å². The summed E-state index contributed by atoms with van der Waals surface area (Å²) in [5.74, 6) is 0.210. The first-order valence-electron chi connectivity index (χ1n) is 10.8. The summed E-state index contributed by atoms with van der Waals surface area (Å²) >= 11 is 1.30. The molecule has 3 heterocycles. The molecule has 0 saturated heterocycles. The zero-order chi connectivity index (χ0) is 23.7. The summed E-state index contributed by atoms with van der Waals surface area (Å²) in [6, 6.07) is 6.69. The quantitative estimate of drug-likeness (QED) is 0.521. The first-order valence-corrected chi connectivity index (χ1v) is 11.6. The van der Waals surface area contributed by atoms with E-state index in [1.165, 1.54) is 11.3 Å². The van der Waals surface area contributed by atoms with E-state index in [9.17, 15) is 9.59 Å². The van der Waals surface area contributed by atoms with E-state index >= 15 is 0 Å². The number of esters is 1. The van der Waals surface area contributed by atoms with E-state index in [2.05, 4.69) is 10.1 Å². The molecule has 172 valence electrons. The van der Waals surface area contributed by atoms with Crippen LogP contribution in [0.3, 0.4) is 0 Å².